The summed E-state index contributed by atoms with van der Waals surface area (Å²) < 4.78 is 11.1. The predicted octanol–water partition coefficient (Wildman–Crippen LogP) is 3.96. The molecule has 1 saturated heterocycles. The minimum absolute atomic E-state index is 0.139. The van der Waals surface area contributed by atoms with Gasteiger partial charge >= 0.3 is 0 Å². The molecule has 1 aliphatic rings. The van der Waals surface area contributed by atoms with Crippen LogP contribution >= 0.6 is 0 Å². The van der Waals surface area contributed by atoms with Gasteiger partial charge < -0.3 is 19.7 Å². The number of rotatable bonds is 7. The lowest BCUT2D eigenvalue weighted by Gasteiger charge is -2.28. The number of hydrogen-bond donors (Lipinski definition) is 1. The molecule has 0 saturated carbocycles. The topological polar surface area (TPSA) is 74.6 Å². The second kappa shape index (κ2) is 9.65. The first-order valence-electron chi connectivity index (χ1n) is 9.64. The molecule has 2 aromatic carbocycles. The van der Waals surface area contributed by atoms with E-state index in [-0.39, 0.29) is 12.5 Å². The molecule has 0 unspecified atom stereocenters. The summed E-state index contributed by atoms with van der Waals surface area (Å²) in [5.74, 6) is 0.647. The van der Waals surface area contributed by atoms with Crippen LogP contribution in [0.15, 0.2) is 42.5 Å². The molecule has 0 atom stereocenters. The summed E-state index contributed by atoms with van der Waals surface area (Å²) in [5, 5.41) is 11.8. The molecule has 0 radical (unpaired) electrons. The summed E-state index contributed by atoms with van der Waals surface area (Å²) in [6.45, 7) is 4.34. The molecule has 0 aromatic heterocycles. The predicted molar refractivity (Wildman–Crippen MR) is 109 cm³/mol. The second-order valence-electron chi connectivity index (χ2n) is 6.64. The van der Waals surface area contributed by atoms with Gasteiger partial charge in [0.1, 0.15) is 0 Å². The van der Waals surface area contributed by atoms with E-state index in [2.05, 4.69) is 16.3 Å². The third-order valence-electron chi connectivity index (χ3n) is 4.60. The first-order valence-corrected chi connectivity index (χ1v) is 9.64. The summed E-state index contributed by atoms with van der Waals surface area (Å²) in [5.41, 5.74) is 2.40. The Morgan fingerprint density at radius 3 is 2.50 bits per heavy atom. The van der Waals surface area contributed by atoms with Gasteiger partial charge in [-0.1, -0.05) is 0 Å². The first kappa shape index (κ1) is 19.6. The van der Waals surface area contributed by atoms with E-state index in [1.54, 1.807) is 18.2 Å². The smallest absolute Gasteiger partial charge is 0.262 e. The molecular weight excluding hydrogens is 354 g/mol. The number of hydrogen-bond acceptors (Lipinski definition) is 5. The van der Waals surface area contributed by atoms with Crippen molar-refractivity contribution in [1.29, 1.82) is 5.26 Å². The minimum atomic E-state index is -0.252. The van der Waals surface area contributed by atoms with Crippen LogP contribution in [0.3, 0.4) is 0 Å². The number of ether oxygens (including phenoxy) is 2. The average Bonchev–Trinajstić information content (AvgIpc) is 2.74. The molecule has 146 valence electrons. The van der Waals surface area contributed by atoms with Crippen molar-refractivity contribution < 1.29 is 14.3 Å². The van der Waals surface area contributed by atoms with Gasteiger partial charge in [0.15, 0.2) is 18.1 Å². The number of nitriles is 1. The fourth-order valence-corrected chi connectivity index (χ4v) is 3.21. The van der Waals surface area contributed by atoms with Gasteiger partial charge in [-0.25, -0.2) is 0 Å². The van der Waals surface area contributed by atoms with Crippen molar-refractivity contribution in [2.45, 2.75) is 26.2 Å². The Morgan fingerprint density at radius 1 is 1.07 bits per heavy atom. The van der Waals surface area contributed by atoms with Gasteiger partial charge in [-0.3, -0.25) is 4.79 Å². The molecule has 0 aliphatic carbocycles. The van der Waals surface area contributed by atoms with Crippen LogP contribution in [0.4, 0.5) is 11.4 Å². The maximum atomic E-state index is 12.2. The number of carbonyl (C=O) groups excluding carboxylic acids is 1. The van der Waals surface area contributed by atoms with E-state index >= 15 is 0 Å². The van der Waals surface area contributed by atoms with Crippen molar-refractivity contribution >= 4 is 17.3 Å². The van der Waals surface area contributed by atoms with Crippen molar-refractivity contribution in [3.05, 3.63) is 48.0 Å². The van der Waals surface area contributed by atoms with Crippen LogP contribution < -0.4 is 19.7 Å². The normalized spacial score (nSPS) is 13.5. The lowest BCUT2D eigenvalue weighted by Crippen LogP contribution is -2.29. The van der Waals surface area contributed by atoms with Crippen molar-refractivity contribution in [2.24, 2.45) is 0 Å². The van der Waals surface area contributed by atoms with E-state index in [9.17, 15) is 4.79 Å². The molecule has 28 heavy (non-hydrogen) atoms. The quantitative estimate of drug-likeness (QED) is 0.788. The number of carbonyl (C=O) groups is 1. The number of piperidine rings is 1. The van der Waals surface area contributed by atoms with Crippen molar-refractivity contribution in [3.63, 3.8) is 0 Å². The van der Waals surface area contributed by atoms with Gasteiger partial charge in [0.25, 0.3) is 5.91 Å². The van der Waals surface area contributed by atoms with Crippen molar-refractivity contribution in [2.75, 3.05) is 36.5 Å². The first-order chi connectivity index (χ1) is 13.7. The van der Waals surface area contributed by atoms with E-state index in [1.165, 1.54) is 24.9 Å². The number of anilines is 2. The molecule has 3 rings (SSSR count). The van der Waals surface area contributed by atoms with Gasteiger partial charge in [0.2, 0.25) is 0 Å². The summed E-state index contributed by atoms with van der Waals surface area (Å²) in [4.78, 5) is 14.6. The minimum Gasteiger partial charge on any atom is -0.490 e. The number of benzene rings is 2. The molecule has 0 bridgehead atoms. The third kappa shape index (κ3) is 5.17. The number of nitrogens with zero attached hydrogens (tertiary/aromatic N) is 2. The van der Waals surface area contributed by atoms with Gasteiger partial charge in [-0.2, -0.15) is 5.26 Å². The van der Waals surface area contributed by atoms with E-state index in [4.69, 9.17) is 14.7 Å². The fraction of sp³-hybridized carbons (Fsp3) is 0.364. The number of amides is 1. The van der Waals surface area contributed by atoms with Crippen LogP contribution in [0.1, 0.15) is 31.7 Å². The van der Waals surface area contributed by atoms with E-state index < -0.39 is 0 Å². The van der Waals surface area contributed by atoms with Crippen molar-refractivity contribution in [1.82, 2.24) is 0 Å². The summed E-state index contributed by atoms with van der Waals surface area (Å²) in [6.07, 6.45) is 3.76. The molecule has 1 fully saturated rings. The Morgan fingerprint density at radius 2 is 1.82 bits per heavy atom. The van der Waals surface area contributed by atoms with Gasteiger partial charge in [0, 0.05) is 30.5 Å². The summed E-state index contributed by atoms with van der Waals surface area (Å²) in [7, 11) is 0. The summed E-state index contributed by atoms with van der Waals surface area (Å²) >= 11 is 0. The van der Waals surface area contributed by atoms with Crippen molar-refractivity contribution in [3.8, 4) is 17.6 Å². The Kier molecular flexibility index (Phi) is 6.74. The number of nitrogens with one attached hydrogen (secondary N) is 1. The molecule has 6 nitrogen and oxygen atoms in total. The monoisotopic (exact) mass is 379 g/mol. The highest BCUT2D eigenvalue weighted by atomic mass is 16.5. The summed E-state index contributed by atoms with van der Waals surface area (Å²) in [6, 6.07) is 14.8. The maximum Gasteiger partial charge on any atom is 0.262 e. The van der Waals surface area contributed by atoms with Crippen LogP contribution in [0, 0.1) is 11.3 Å². The molecule has 1 N–H and O–H groups in total. The highest BCUT2D eigenvalue weighted by Gasteiger charge is 2.12. The Balaban J connectivity index is 1.55. The third-order valence-corrected chi connectivity index (χ3v) is 4.60. The zero-order valence-electron chi connectivity index (χ0n) is 16.1. The van der Waals surface area contributed by atoms with Crippen LogP contribution in [0.5, 0.6) is 11.5 Å². The largest absolute Gasteiger partial charge is 0.490 e. The van der Waals surface area contributed by atoms with Gasteiger partial charge in [-0.15, -0.1) is 0 Å². The van der Waals surface area contributed by atoms with Crippen LogP contribution in [0.2, 0.25) is 0 Å². The molecule has 1 aliphatic heterocycles. The molecule has 6 heteroatoms. The lowest BCUT2D eigenvalue weighted by molar-refractivity contribution is -0.118. The van der Waals surface area contributed by atoms with Gasteiger partial charge in [0.05, 0.1) is 18.2 Å². The molecule has 1 heterocycles. The van der Waals surface area contributed by atoms with Crippen LogP contribution in [0.25, 0.3) is 0 Å². The Bertz CT molecular complexity index is 837. The highest BCUT2D eigenvalue weighted by molar-refractivity contribution is 5.92. The zero-order valence-corrected chi connectivity index (χ0v) is 16.1. The van der Waals surface area contributed by atoms with Gasteiger partial charge in [-0.05, 0) is 62.6 Å². The van der Waals surface area contributed by atoms with Crippen LogP contribution in [-0.4, -0.2) is 32.2 Å². The maximum absolute atomic E-state index is 12.2. The molecule has 1 amide bonds. The van der Waals surface area contributed by atoms with E-state index in [0.29, 0.717) is 23.7 Å². The van der Waals surface area contributed by atoms with Crippen LogP contribution in [-0.2, 0) is 4.79 Å². The molecule has 0 spiro atoms. The Labute approximate surface area is 165 Å². The van der Waals surface area contributed by atoms with E-state index in [0.717, 1.165) is 18.8 Å². The standard InChI is InChI=1S/C22H25N3O3/c1-2-27-21-14-17(15-23)6-11-20(21)28-16-22(26)24-18-7-9-19(10-8-18)25-12-4-3-5-13-25/h6-11,14H,2-5,12-13,16H2,1H3,(H,24,26). The fourth-order valence-electron chi connectivity index (χ4n) is 3.21. The zero-order chi connectivity index (χ0) is 19.8. The molecule has 2 aromatic rings. The highest BCUT2D eigenvalue weighted by Crippen LogP contribution is 2.28. The SMILES string of the molecule is CCOc1cc(C#N)ccc1OCC(=O)Nc1ccc(N2CCCCC2)cc1. The molecular formula is C22H25N3O3. The van der Waals surface area contributed by atoms with E-state index in [1.807, 2.05) is 31.2 Å². The Hall–Kier alpha value is -3.20. The average molecular weight is 379 g/mol. The lowest BCUT2D eigenvalue weighted by atomic mass is 10.1. The second-order valence-corrected chi connectivity index (χ2v) is 6.64.